The number of guanidine groups is 1. The molecule has 1 aliphatic rings. The fraction of sp³-hybridized carbons (Fsp3) is 0.789. The van der Waals surface area contributed by atoms with Gasteiger partial charge < -0.3 is 15.4 Å². The molecule has 1 aliphatic carbocycles. The van der Waals surface area contributed by atoms with Crippen LogP contribution in [0.3, 0.4) is 0 Å². The first-order chi connectivity index (χ1) is 13.5. The molecule has 0 unspecified atom stereocenters. The molecule has 168 valence electrons. The van der Waals surface area contributed by atoms with Gasteiger partial charge in [-0.25, -0.2) is 9.98 Å². The summed E-state index contributed by atoms with van der Waals surface area (Å²) >= 11 is 0.976. The summed E-state index contributed by atoms with van der Waals surface area (Å²) in [5.74, 6) is 0.593. The van der Waals surface area contributed by atoms with Crippen molar-refractivity contribution in [1.29, 1.82) is 0 Å². The molecule has 1 heterocycles. The standard InChI is InChI=1S/C19H31F3N4OS.HI/c1-2-23-18(25-13-17-26-16(14-28-17)19(20,21)22)24-11-7-8-12-27-15-9-5-3-4-6-10-15;/h14-15H,2-13H2,1H3,(H2,23,24,25);1H. The molecule has 0 bridgehead atoms. The maximum atomic E-state index is 12.6. The van der Waals surface area contributed by atoms with Crippen LogP contribution in [0, 0.1) is 0 Å². The maximum absolute atomic E-state index is 12.6. The van der Waals surface area contributed by atoms with Gasteiger partial charge in [0.2, 0.25) is 0 Å². The molecular weight excluding hydrogens is 516 g/mol. The second-order valence-electron chi connectivity index (χ2n) is 6.94. The van der Waals surface area contributed by atoms with Gasteiger partial charge in [-0.15, -0.1) is 35.3 Å². The molecule has 0 atom stereocenters. The number of aromatic nitrogens is 1. The Morgan fingerprint density at radius 3 is 2.55 bits per heavy atom. The van der Waals surface area contributed by atoms with Crippen molar-refractivity contribution >= 4 is 41.3 Å². The van der Waals surface area contributed by atoms with Gasteiger partial charge in [-0.05, 0) is 32.6 Å². The van der Waals surface area contributed by atoms with Gasteiger partial charge in [-0.1, -0.05) is 25.7 Å². The summed E-state index contributed by atoms with van der Waals surface area (Å²) in [6, 6.07) is 0. The molecular formula is C19H32F3IN4OS. The largest absolute Gasteiger partial charge is 0.434 e. The summed E-state index contributed by atoms with van der Waals surface area (Å²) in [4.78, 5) is 7.92. The first-order valence-corrected chi connectivity index (χ1v) is 11.0. The maximum Gasteiger partial charge on any atom is 0.434 e. The van der Waals surface area contributed by atoms with Crippen molar-refractivity contribution in [3.8, 4) is 0 Å². The highest BCUT2D eigenvalue weighted by Crippen LogP contribution is 2.30. The molecule has 0 amide bonds. The van der Waals surface area contributed by atoms with Crippen LogP contribution in [0.25, 0.3) is 0 Å². The first kappa shape index (κ1) is 26.4. The molecule has 0 radical (unpaired) electrons. The van der Waals surface area contributed by atoms with Gasteiger partial charge in [-0.3, -0.25) is 0 Å². The number of ether oxygens (including phenoxy) is 1. The lowest BCUT2D eigenvalue weighted by Gasteiger charge is -2.15. The van der Waals surface area contributed by atoms with E-state index in [2.05, 4.69) is 20.6 Å². The fourth-order valence-electron chi connectivity index (χ4n) is 3.09. The molecule has 0 aromatic carbocycles. The molecule has 0 spiro atoms. The van der Waals surface area contributed by atoms with Crippen LogP contribution < -0.4 is 10.6 Å². The number of aliphatic imine (C=N–C) groups is 1. The van der Waals surface area contributed by atoms with Crippen LogP contribution in [0.1, 0.15) is 69.0 Å². The average molecular weight is 548 g/mol. The molecule has 2 N–H and O–H groups in total. The van der Waals surface area contributed by atoms with Crippen molar-refractivity contribution in [1.82, 2.24) is 15.6 Å². The molecule has 5 nitrogen and oxygen atoms in total. The Morgan fingerprint density at radius 1 is 1.21 bits per heavy atom. The normalized spacial score (nSPS) is 16.2. The van der Waals surface area contributed by atoms with Crippen LogP contribution in [0.2, 0.25) is 0 Å². The number of alkyl halides is 3. The Labute approximate surface area is 192 Å². The zero-order valence-corrected chi connectivity index (χ0v) is 20.0. The highest BCUT2D eigenvalue weighted by Gasteiger charge is 2.33. The smallest absolute Gasteiger partial charge is 0.378 e. The number of nitrogens with zero attached hydrogens (tertiary/aromatic N) is 2. The van der Waals surface area contributed by atoms with Crippen molar-refractivity contribution in [2.45, 2.75) is 77.1 Å². The zero-order valence-electron chi connectivity index (χ0n) is 16.9. The van der Waals surface area contributed by atoms with Crippen molar-refractivity contribution in [3.63, 3.8) is 0 Å². The second-order valence-corrected chi connectivity index (χ2v) is 7.88. The van der Waals surface area contributed by atoms with Gasteiger partial charge in [0, 0.05) is 25.1 Å². The lowest BCUT2D eigenvalue weighted by Crippen LogP contribution is -2.37. The van der Waals surface area contributed by atoms with Gasteiger partial charge in [-0.2, -0.15) is 13.2 Å². The van der Waals surface area contributed by atoms with Crippen LogP contribution in [-0.4, -0.2) is 36.7 Å². The van der Waals surface area contributed by atoms with E-state index in [4.69, 9.17) is 4.74 Å². The van der Waals surface area contributed by atoms with Gasteiger partial charge >= 0.3 is 6.18 Å². The SMILES string of the molecule is CCNC(=NCc1nc(C(F)(F)F)cs1)NCCCCOC1CCCCCC1.I. The highest BCUT2D eigenvalue weighted by atomic mass is 127. The molecule has 1 aromatic rings. The Balaban J connectivity index is 0.00000420. The third-order valence-corrected chi connectivity index (χ3v) is 5.41. The van der Waals surface area contributed by atoms with Crippen molar-refractivity contribution in [3.05, 3.63) is 16.1 Å². The van der Waals surface area contributed by atoms with E-state index in [1.165, 1.54) is 38.5 Å². The number of halogens is 4. The number of hydrogen-bond acceptors (Lipinski definition) is 4. The number of unbranched alkanes of at least 4 members (excludes halogenated alkanes) is 1. The van der Waals surface area contributed by atoms with E-state index < -0.39 is 11.9 Å². The fourth-order valence-corrected chi connectivity index (χ4v) is 3.82. The molecule has 0 aliphatic heterocycles. The monoisotopic (exact) mass is 548 g/mol. The Kier molecular flexibility index (Phi) is 13.1. The van der Waals surface area contributed by atoms with E-state index >= 15 is 0 Å². The van der Waals surface area contributed by atoms with Crippen LogP contribution in [0.4, 0.5) is 13.2 Å². The van der Waals surface area contributed by atoms with Gasteiger partial charge in [0.05, 0.1) is 12.6 Å². The lowest BCUT2D eigenvalue weighted by atomic mass is 10.1. The van der Waals surface area contributed by atoms with E-state index in [0.29, 0.717) is 23.6 Å². The quantitative estimate of drug-likeness (QED) is 0.144. The molecule has 1 saturated carbocycles. The number of nitrogens with one attached hydrogen (secondary N) is 2. The summed E-state index contributed by atoms with van der Waals surface area (Å²) in [6.45, 7) is 4.27. The Hall–Kier alpha value is -0.620. The van der Waals surface area contributed by atoms with E-state index in [0.717, 1.165) is 42.7 Å². The molecule has 2 rings (SSSR count). The number of thiazole rings is 1. The summed E-state index contributed by atoms with van der Waals surface area (Å²) in [6.07, 6.45) is 5.52. The van der Waals surface area contributed by atoms with Gasteiger partial charge in [0.15, 0.2) is 11.7 Å². The zero-order chi connectivity index (χ0) is 20.2. The average Bonchev–Trinajstić information content (AvgIpc) is 2.99. The first-order valence-electron chi connectivity index (χ1n) is 10.1. The summed E-state index contributed by atoms with van der Waals surface area (Å²) in [5.41, 5.74) is -0.852. The number of hydrogen-bond donors (Lipinski definition) is 2. The molecule has 10 heteroatoms. The Morgan fingerprint density at radius 2 is 1.93 bits per heavy atom. The number of rotatable bonds is 9. The summed E-state index contributed by atoms with van der Waals surface area (Å²) < 4.78 is 43.8. The predicted molar refractivity (Wildman–Crippen MR) is 122 cm³/mol. The minimum absolute atomic E-state index is 0. The Bertz CT molecular complexity index is 590. The third kappa shape index (κ3) is 10.8. The summed E-state index contributed by atoms with van der Waals surface area (Å²) in [5, 5.41) is 7.69. The van der Waals surface area contributed by atoms with Crippen LogP contribution >= 0.6 is 35.3 Å². The summed E-state index contributed by atoms with van der Waals surface area (Å²) in [7, 11) is 0. The minimum atomic E-state index is -4.40. The topological polar surface area (TPSA) is 58.5 Å². The van der Waals surface area contributed by atoms with Gasteiger partial charge in [0.1, 0.15) is 5.01 Å². The van der Waals surface area contributed by atoms with Crippen LogP contribution in [0.15, 0.2) is 10.4 Å². The van der Waals surface area contributed by atoms with Crippen molar-refractivity contribution in [2.24, 2.45) is 4.99 Å². The third-order valence-electron chi connectivity index (χ3n) is 4.58. The highest BCUT2D eigenvalue weighted by molar-refractivity contribution is 14.0. The van der Waals surface area contributed by atoms with E-state index in [-0.39, 0.29) is 30.5 Å². The molecule has 0 saturated heterocycles. The van der Waals surface area contributed by atoms with E-state index in [1.807, 2.05) is 6.92 Å². The van der Waals surface area contributed by atoms with Crippen LogP contribution in [-0.2, 0) is 17.5 Å². The van der Waals surface area contributed by atoms with Crippen molar-refractivity contribution < 1.29 is 17.9 Å². The van der Waals surface area contributed by atoms with Gasteiger partial charge in [0.25, 0.3) is 0 Å². The van der Waals surface area contributed by atoms with Crippen LogP contribution in [0.5, 0.6) is 0 Å². The second kappa shape index (κ2) is 14.4. The lowest BCUT2D eigenvalue weighted by molar-refractivity contribution is -0.140. The minimum Gasteiger partial charge on any atom is -0.378 e. The van der Waals surface area contributed by atoms with Crippen molar-refractivity contribution in [2.75, 3.05) is 19.7 Å². The molecule has 1 fully saturated rings. The predicted octanol–water partition coefficient (Wildman–Crippen LogP) is 5.35. The molecule has 29 heavy (non-hydrogen) atoms. The van der Waals surface area contributed by atoms with E-state index in [1.54, 1.807) is 0 Å². The van der Waals surface area contributed by atoms with E-state index in [9.17, 15) is 13.2 Å². The molecule has 1 aromatic heterocycles.